The average Bonchev–Trinajstić information content (AvgIpc) is 2.60. The number of hydrogen-bond donors (Lipinski definition) is 3. The topological polar surface area (TPSA) is 70.6 Å². The molecule has 0 spiro atoms. The smallest absolute Gasteiger partial charge is 0.396 e. The highest BCUT2D eigenvalue weighted by Crippen LogP contribution is 2.37. The summed E-state index contributed by atoms with van der Waals surface area (Å²) in [5, 5.41) is 8.72. The summed E-state index contributed by atoms with van der Waals surface area (Å²) in [7, 11) is 0. The van der Waals surface area contributed by atoms with E-state index in [2.05, 4.69) is 10.9 Å². The zero-order chi connectivity index (χ0) is 13.3. The van der Waals surface area contributed by atoms with Crippen LogP contribution < -0.4 is 10.9 Å². The number of halogens is 3. The van der Waals surface area contributed by atoms with E-state index in [-0.39, 0.29) is 5.57 Å². The highest BCUT2D eigenvalue weighted by atomic mass is 19.4. The summed E-state index contributed by atoms with van der Waals surface area (Å²) in [6, 6.07) is 0. The van der Waals surface area contributed by atoms with Crippen LogP contribution in [-0.2, 0) is 9.53 Å². The van der Waals surface area contributed by atoms with E-state index >= 15 is 0 Å². The molecule has 1 unspecified atom stereocenters. The van der Waals surface area contributed by atoms with Crippen LogP contribution in [-0.4, -0.2) is 30.1 Å². The van der Waals surface area contributed by atoms with Gasteiger partial charge in [-0.25, -0.2) is 10.2 Å². The Labute approximate surface area is 95.6 Å². The standard InChI is InChI=1S/C9H13F3N2O3/c1-8(2,9(10,11)12)4-17-6-5(7(15)16)3-13-14-6/h3,6,13-14H,4H2,1-2H3,(H,15,16). The number of hydrogen-bond acceptors (Lipinski definition) is 4. The maximum Gasteiger partial charge on any atom is 0.396 e. The van der Waals surface area contributed by atoms with Gasteiger partial charge < -0.3 is 15.3 Å². The van der Waals surface area contributed by atoms with Crippen LogP contribution >= 0.6 is 0 Å². The van der Waals surface area contributed by atoms with Gasteiger partial charge >= 0.3 is 12.1 Å². The molecule has 1 heterocycles. The third-order valence-electron chi connectivity index (χ3n) is 2.35. The predicted molar refractivity (Wildman–Crippen MR) is 51.6 cm³/mol. The summed E-state index contributed by atoms with van der Waals surface area (Å²) in [4.78, 5) is 10.7. The molecule has 1 atom stereocenters. The first kappa shape index (κ1) is 13.8. The quantitative estimate of drug-likeness (QED) is 0.698. The monoisotopic (exact) mass is 254 g/mol. The highest BCUT2D eigenvalue weighted by Gasteiger charge is 2.48. The van der Waals surface area contributed by atoms with Gasteiger partial charge in [-0.05, 0) is 13.8 Å². The van der Waals surface area contributed by atoms with Gasteiger partial charge in [0.25, 0.3) is 0 Å². The molecule has 1 aliphatic rings. The number of ether oxygens (including phenoxy) is 1. The molecule has 5 nitrogen and oxygen atoms in total. The third kappa shape index (κ3) is 3.10. The molecular formula is C9H13F3N2O3. The van der Waals surface area contributed by atoms with Crippen LogP contribution in [0.4, 0.5) is 13.2 Å². The number of hydrazine groups is 1. The van der Waals surface area contributed by atoms with E-state index in [1.54, 1.807) is 0 Å². The average molecular weight is 254 g/mol. The van der Waals surface area contributed by atoms with Gasteiger partial charge in [-0.1, -0.05) is 0 Å². The molecular weight excluding hydrogens is 241 g/mol. The molecule has 8 heteroatoms. The van der Waals surface area contributed by atoms with Crippen molar-refractivity contribution in [2.45, 2.75) is 26.3 Å². The summed E-state index contributed by atoms with van der Waals surface area (Å²) in [5.41, 5.74) is 2.57. The number of carbonyl (C=O) groups is 1. The van der Waals surface area contributed by atoms with Crippen molar-refractivity contribution in [3.05, 3.63) is 11.8 Å². The Morgan fingerprint density at radius 3 is 2.59 bits per heavy atom. The Kier molecular flexibility index (Phi) is 3.68. The molecule has 17 heavy (non-hydrogen) atoms. The SMILES string of the molecule is CC(C)(COC1NNC=C1C(=O)O)C(F)(F)F. The van der Waals surface area contributed by atoms with Crippen molar-refractivity contribution >= 4 is 5.97 Å². The minimum Gasteiger partial charge on any atom is -0.478 e. The van der Waals surface area contributed by atoms with Crippen molar-refractivity contribution in [2.24, 2.45) is 5.41 Å². The van der Waals surface area contributed by atoms with E-state index < -0.39 is 30.4 Å². The summed E-state index contributed by atoms with van der Waals surface area (Å²) in [6.07, 6.45) is -4.37. The molecule has 3 N–H and O–H groups in total. The lowest BCUT2D eigenvalue weighted by Gasteiger charge is -2.28. The Morgan fingerprint density at radius 1 is 1.53 bits per heavy atom. The fourth-order valence-electron chi connectivity index (χ4n) is 1.03. The van der Waals surface area contributed by atoms with Crippen molar-refractivity contribution in [3.8, 4) is 0 Å². The first-order valence-electron chi connectivity index (χ1n) is 4.78. The van der Waals surface area contributed by atoms with Crippen LogP contribution in [0.1, 0.15) is 13.8 Å². The molecule has 0 bridgehead atoms. The van der Waals surface area contributed by atoms with E-state index in [1.807, 2.05) is 0 Å². The van der Waals surface area contributed by atoms with Crippen molar-refractivity contribution in [2.75, 3.05) is 6.61 Å². The Hall–Kier alpha value is -1.28. The zero-order valence-electron chi connectivity index (χ0n) is 9.26. The Bertz CT molecular complexity index is 339. The number of carboxylic acids is 1. The van der Waals surface area contributed by atoms with Crippen molar-refractivity contribution in [3.63, 3.8) is 0 Å². The maximum absolute atomic E-state index is 12.5. The number of rotatable bonds is 4. The molecule has 0 radical (unpaired) electrons. The second-order valence-electron chi connectivity index (χ2n) is 4.27. The molecule has 0 saturated carbocycles. The number of aliphatic carboxylic acids is 1. The minimum atomic E-state index is -4.41. The fourth-order valence-corrected chi connectivity index (χ4v) is 1.03. The summed E-state index contributed by atoms with van der Waals surface area (Å²) in [6.45, 7) is 1.33. The van der Waals surface area contributed by atoms with Crippen LogP contribution in [0.2, 0.25) is 0 Å². The summed E-state index contributed by atoms with van der Waals surface area (Å²) < 4.78 is 42.5. The van der Waals surface area contributed by atoms with Gasteiger partial charge in [-0.3, -0.25) is 0 Å². The van der Waals surface area contributed by atoms with Gasteiger partial charge in [0.05, 0.1) is 17.6 Å². The highest BCUT2D eigenvalue weighted by molar-refractivity contribution is 5.87. The van der Waals surface area contributed by atoms with Crippen LogP contribution in [0.15, 0.2) is 11.8 Å². The third-order valence-corrected chi connectivity index (χ3v) is 2.35. The molecule has 98 valence electrons. The molecule has 0 aromatic heterocycles. The molecule has 0 aromatic carbocycles. The van der Waals surface area contributed by atoms with Gasteiger partial charge in [0.2, 0.25) is 0 Å². The van der Waals surface area contributed by atoms with Crippen molar-refractivity contribution < 1.29 is 27.8 Å². The van der Waals surface area contributed by atoms with Gasteiger partial charge in [0, 0.05) is 6.20 Å². The van der Waals surface area contributed by atoms with E-state index in [1.165, 1.54) is 0 Å². The van der Waals surface area contributed by atoms with E-state index in [0.717, 1.165) is 20.0 Å². The van der Waals surface area contributed by atoms with Crippen molar-refractivity contribution in [1.29, 1.82) is 0 Å². The number of carboxylic acid groups (broad SMARTS) is 1. The zero-order valence-corrected chi connectivity index (χ0v) is 9.26. The van der Waals surface area contributed by atoms with Crippen molar-refractivity contribution in [1.82, 2.24) is 10.9 Å². The van der Waals surface area contributed by atoms with Crippen LogP contribution in [0, 0.1) is 5.41 Å². The lowest BCUT2D eigenvalue weighted by Crippen LogP contribution is -2.42. The van der Waals surface area contributed by atoms with E-state index in [4.69, 9.17) is 9.84 Å². The Balaban J connectivity index is 2.58. The van der Waals surface area contributed by atoms with Crippen LogP contribution in [0.5, 0.6) is 0 Å². The molecule has 0 fully saturated rings. The summed E-state index contributed by atoms with van der Waals surface area (Å²) in [5.74, 6) is -1.25. The molecule has 1 rings (SSSR count). The lowest BCUT2D eigenvalue weighted by molar-refractivity contribution is -0.230. The fraction of sp³-hybridized carbons (Fsp3) is 0.667. The predicted octanol–water partition coefficient (Wildman–Crippen LogP) is 0.994. The minimum absolute atomic E-state index is 0.164. The lowest BCUT2D eigenvalue weighted by atomic mass is 9.94. The normalized spacial score (nSPS) is 21.0. The molecule has 0 aromatic rings. The van der Waals surface area contributed by atoms with Gasteiger partial charge in [0.15, 0.2) is 6.23 Å². The van der Waals surface area contributed by atoms with Crippen LogP contribution in [0.3, 0.4) is 0 Å². The molecule has 0 saturated heterocycles. The molecule has 1 aliphatic heterocycles. The van der Waals surface area contributed by atoms with Gasteiger partial charge in [-0.2, -0.15) is 13.2 Å². The van der Waals surface area contributed by atoms with Gasteiger partial charge in [0.1, 0.15) is 0 Å². The first-order chi connectivity index (χ1) is 7.65. The molecule has 0 aliphatic carbocycles. The summed E-state index contributed by atoms with van der Waals surface area (Å²) >= 11 is 0. The Morgan fingerprint density at radius 2 is 2.12 bits per heavy atom. The maximum atomic E-state index is 12.5. The number of alkyl halides is 3. The first-order valence-corrected chi connectivity index (χ1v) is 4.78. The van der Waals surface area contributed by atoms with Gasteiger partial charge in [-0.15, -0.1) is 0 Å². The molecule has 0 amide bonds. The number of nitrogens with one attached hydrogen (secondary N) is 2. The van der Waals surface area contributed by atoms with E-state index in [0.29, 0.717) is 0 Å². The van der Waals surface area contributed by atoms with E-state index in [9.17, 15) is 18.0 Å². The van der Waals surface area contributed by atoms with Crippen LogP contribution in [0.25, 0.3) is 0 Å². The second kappa shape index (κ2) is 4.53. The second-order valence-corrected chi connectivity index (χ2v) is 4.27. The largest absolute Gasteiger partial charge is 0.478 e.